The molecule has 4 nitrogen and oxygen atoms in total. The number of esters is 1. The van der Waals surface area contributed by atoms with Gasteiger partial charge in [-0.25, -0.2) is 13.2 Å². The first-order valence-electron chi connectivity index (χ1n) is 4.99. The van der Waals surface area contributed by atoms with Gasteiger partial charge in [0.05, 0.1) is 11.5 Å². The average molecular weight is 232 g/mol. The van der Waals surface area contributed by atoms with Gasteiger partial charge in [-0.3, -0.25) is 0 Å². The molecular weight excluding hydrogens is 216 g/mol. The fourth-order valence-corrected chi connectivity index (χ4v) is 3.01. The number of hydrogen-bond acceptors (Lipinski definition) is 4. The van der Waals surface area contributed by atoms with Crippen molar-refractivity contribution in [2.45, 2.75) is 32.8 Å². The van der Waals surface area contributed by atoms with E-state index in [1.165, 1.54) is 0 Å². The first-order valence-corrected chi connectivity index (χ1v) is 6.81. The summed E-state index contributed by atoms with van der Waals surface area (Å²) < 4.78 is 27.6. The van der Waals surface area contributed by atoms with Crippen molar-refractivity contribution in [1.82, 2.24) is 0 Å². The smallest absolute Gasteiger partial charge is 0.333 e. The van der Waals surface area contributed by atoms with Crippen LogP contribution in [-0.4, -0.2) is 32.0 Å². The summed E-state index contributed by atoms with van der Waals surface area (Å²) in [6, 6.07) is 0. The largest absolute Gasteiger partial charge is 0.458 e. The van der Waals surface area contributed by atoms with Gasteiger partial charge in [0.1, 0.15) is 6.10 Å². The molecule has 86 valence electrons. The van der Waals surface area contributed by atoms with E-state index in [0.717, 1.165) is 0 Å². The van der Waals surface area contributed by atoms with E-state index >= 15 is 0 Å². The molecule has 1 heterocycles. The Bertz CT molecular complexity index is 367. The fourth-order valence-electron chi connectivity index (χ4n) is 1.44. The summed E-state index contributed by atoms with van der Waals surface area (Å²) in [6.45, 7) is 3.40. The van der Waals surface area contributed by atoms with Gasteiger partial charge in [-0.05, 0) is 26.7 Å². The van der Waals surface area contributed by atoms with Crippen LogP contribution in [0.25, 0.3) is 0 Å². The van der Waals surface area contributed by atoms with Crippen LogP contribution in [0.5, 0.6) is 0 Å². The minimum Gasteiger partial charge on any atom is -0.458 e. The van der Waals surface area contributed by atoms with Crippen LogP contribution >= 0.6 is 0 Å². The highest BCUT2D eigenvalue weighted by atomic mass is 32.2. The van der Waals surface area contributed by atoms with E-state index in [4.69, 9.17) is 4.74 Å². The summed E-state index contributed by atoms with van der Waals surface area (Å²) in [7, 11) is -3.01. The summed E-state index contributed by atoms with van der Waals surface area (Å²) >= 11 is 0. The van der Waals surface area contributed by atoms with E-state index in [2.05, 4.69) is 0 Å². The van der Waals surface area contributed by atoms with Crippen molar-refractivity contribution in [3.63, 3.8) is 0 Å². The lowest BCUT2D eigenvalue weighted by Gasteiger charge is -2.22. The molecule has 0 aromatic rings. The van der Waals surface area contributed by atoms with E-state index in [-0.39, 0.29) is 11.5 Å². The second-order valence-electron chi connectivity index (χ2n) is 3.76. The molecule has 0 N–H and O–H groups in total. The SMILES string of the molecule is CC=C(C)C(=O)OC1CCCS(=O)(=O)C1. The Morgan fingerprint density at radius 1 is 1.47 bits per heavy atom. The molecule has 0 amide bonds. The summed E-state index contributed by atoms with van der Waals surface area (Å²) in [6.07, 6.45) is 2.41. The van der Waals surface area contributed by atoms with Gasteiger partial charge in [-0.1, -0.05) is 6.08 Å². The molecule has 0 aliphatic carbocycles. The van der Waals surface area contributed by atoms with E-state index in [1.807, 2.05) is 0 Å². The lowest BCUT2D eigenvalue weighted by atomic mass is 10.2. The molecule has 0 aromatic carbocycles. The third-order valence-corrected chi connectivity index (χ3v) is 4.24. The van der Waals surface area contributed by atoms with Gasteiger partial charge in [0.25, 0.3) is 0 Å². The molecule has 1 saturated heterocycles. The highest BCUT2D eigenvalue weighted by Gasteiger charge is 2.27. The Kier molecular flexibility index (Phi) is 3.90. The Labute approximate surface area is 90.2 Å². The number of rotatable bonds is 2. The normalized spacial score (nSPS) is 26.0. The summed E-state index contributed by atoms with van der Waals surface area (Å²) in [5.41, 5.74) is 0.512. The maximum atomic E-state index is 11.4. The van der Waals surface area contributed by atoms with Crippen molar-refractivity contribution < 1.29 is 17.9 Å². The van der Waals surface area contributed by atoms with Crippen LogP contribution in [-0.2, 0) is 19.4 Å². The van der Waals surface area contributed by atoms with Crippen molar-refractivity contribution in [3.8, 4) is 0 Å². The van der Waals surface area contributed by atoms with Crippen molar-refractivity contribution in [2.24, 2.45) is 0 Å². The molecule has 0 aromatic heterocycles. The number of carbonyl (C=O) groups excluding carboxylic acids is 1. The molecule has 0 radical (unpaired) electrons. The molecule has 0 saturated carbocycles. The molecule has 1 atom stereocenters. The van der Waals surface area contributed by atoms with Crippen LogP contribution in [0.15, 0.2) is 11.6 Å². The quantitative estimate of drug-likeness (QED) is 0.528. The molecule has 1 unspecified atom stereocenters. The van der Waals surface area contributed by atoms with E-state index in [1.54, 1.807) is 19.9 Å². The molecule has 0 bridgehead atoms. The average Bonchev–Trinajstić information content (AvgIpc) is 2.14. The zero-order valence-corrected chi connectivity index (χ0v) is 9.84. The zero-order chi connectivity index (χ0) is 11.5. The lowest BCUT2D eigenvalue weighted by Crippen LogP contribution is -2.33. The Hall–Kier alpha value is -0.840. The number of hydrogen-bond donors (Lipinski definition) is 0. The van der Waals surface area contributed by atoms with Crippen molar-refractivity contribution in [3.05, 3.63) is 11.6 Å². The van der Waals surface area contributed by atoms with Crippen LogP contribution in [0.3, 0.4) is 0 Å². The van der Waals surface area contributed by atoms with Crippen LogP contribution < -0.4 is 0 Å². The second-order valence-corrected chi connectivity index (χ2v) is 5.98. The highest BCUT2D eigenvalue weighted by molar-refractivity contribution is 7.91. The summed E-state index contributed by atoms with van der Waals surface area (Å²) in [4.78, 5) is 11.4. The van der Waals surface area contributed by atoms with Crippen molar-refractivity contribution in [1.29, 1.82) is 0 Å². The number of allylic oxidation sites excluding steroid dienone is 1. The van der Waals surface area contributed by atoms with Gasteiger partial charge in [0, 0.05) is 5.57 Å². The second kappa shape index (κ2) is 4.79. The van der Waals surface area contributed by atoms with Crippen LogP contribution in [0.2, 0.25) is 0 Å². The Morgan fingerprint density at radius 3 is 2.67 bits per heavy atom. The highest BCUT2D eigenvalue weighted by Crippen LogP contribution is 2.16. The standard InChI is InChI=1S/C10H16O4S/c1-3-8(2)10(11)14-9-5-4-6-15(12,13)7-9/h3,9H,4-7H2,1-2H3. The van der Waals surface area contributed by atoms with E-state index < -0.39 is 21.9 Å². The molecule has 1 rings (SSSR count). The molecule has 5 heteroatoms. The fraction of sp³-hybridized carbons (Fsp3) is 0.700. The van der Waals surface area contributed by atoms with Gasteiger partial charge in [0.2, 0.25) is 0 Å². The Morgan fingerprint density at radius 2 is 2.13 bits per heavy atom. The first-order chi connectivity index (χ1) is 6.94. The number of ether oxygens (including phenoxy) is 1. The van der Waals surface area contributed by atoms with Gasteiger partial charge in [-0.2, -0.15) is 0 Å². The topological polar surface area (TPSA) is 60.4 Å². The molecule has 0 spiro atoms. The van der Waals surface area contributed by atoms with Crippen LogP contribution in [0.1, 0.15) is 26.7 Å². The molecule has 1 fully saturated rings. The molecule has 15 heavy (non-hydrogen) atoms. The van der Waals surface area contributed by atoms with Crippen LogP contribution in [0, 0.1) is 0 Å². The molecule has 1 aliphatic rings. The van der Waals surface area contributed by atoms with Gasteiger partial charge in [0.15, 0.2) is 9.84 Å². The third kappa shape index (κ3) is 3.66. The number of carbonyl (C=O) groups is 1. The summed E-state index contributed by atoms with van der Waals surface area (Å²) in [5, 5.41) is 0. The monoisotopic (exact) mass is 232 g/mol. The maximum Gasteiger partial charge on any atom is 0.333 e. The molecular formula is C10H16O4S. The third-order valence-electron chi connectivity index (χ3n) is 2.45. The predicted octanol–water partition coefficient (Wildman–Crippen LogP) is 1.07. The maximum absolute atomic E-state index is 11.4. The minimum atomic E-state index is -3.01. The zero-order valence-electron chi connectivity index (χ0n) is 9.02. The lowest BCUT2D eigenvalue weighted by molar-refractivity contribution is -0.143. The van der Waals surface area contributed by atoms with Gasteiger partial charge in [-0.15, -0.1) is 0 Å². The van der Waals surface area contributed by atoms with E-state index in [9.17, 15) is 13.2 Å². The van der Waals surface area contributed by atoms with E-state index in [0.29, 0.717) is 18.4 Å². The van der Waals surface area contributed by atoms with Gasteiger partial charge < -0.3 is 4.74 Å². The van der Waals surface area contributed by atoms with Crippen LogP contribution in [0.4, 0.5) is 0 Å². The predicted molar refractivity (Wildman–Crippen MR) is 57.2 cm³/mol. The van der Waals surface area contributed by atoms with Crippen molar-refractivity contribution >= 4 is 15.8 Å². The summed E-state index contributed by atoms with van der Waals surface area (Å²) in [5.74, 6) is -0.237. The minimum absolute atomic E-state index is 0.0320. The Balaban J connectivity index is 2.56. The first kappa shape index (κ1) is 12.2. The van der Waals surface area contributed by atoms with Gasteiger partial charge >= 0.3 is 5.97 Å². The van der Waals surface area contributed by atoms with Crippen molar-refractivity contribution in [2.75, 3.05) is 11.5 Å². The molecule has 1 aliphatic heterocycles. The number of sulfone groups is 1.